The van der Waals surface area contributed by atoms with Crippen molar-refractivity contribution >= 4 is 17.0 Å². The first kappa shape index (κ1) is 21.7. The minimum absolute atomic E-state index is 0.357. The summed E-state index contributed by atoms with van der Waals surface area (Å²) in [6, 6.07) is 2.66. The van der Waals surface area contributed by atoms with Crippen molar-refractivity contribution in [2.24, 2.45) is 5.41 Å². The van der Waals surface area contributed by atoms with Crippen LogP contribution in [0.15, 0.2) is 18.2 Å². The first-order valence-corrected chi connectivity index (χ1v) is 9.24. The van der Waals surface area contributed by atoms with E-state index in [4.69, 9.17) is 4.74 Å². The fourth-order valence-electron chi connectivity index (χ4n) is 2.26. The van der Waals surface area contributed by atoms with E-state index >= 15 is 0 Å². The van der Waals surface area contributed by atoms with Crippen molar-refractivity contribution in [1.82, 2.24) is 4.72 Å². The highest BCUT2D eigenvalue weighted by Crippen LogP contribution is 2.30. The van der Waals surface area contributed by atoms with E-state index in [0.717, 1.165) is 6.07 Å². The van der Waals surface area contributed by atoms with Crippen LogP contribution in [0.5, 0.6) is 0 Å². The van der Waals surface area contributed by atoms with Gasteiger partial charge in [-0.3, -0.25) is 4.79 Å². The van der Waals surface area contributed by atoms with Crippen LogP contribution in [-0.2, 0) is 20.5 Å². The van der Waals surface area contributed by atoms with Gasteiger partial charge < -0.3 is 4.74 Å². The van der Waals surface area contributed by atoms with E-state index < -0.39 is 38.8 Å². The van der Waals surface area contributed by atoms with Gasteiger partial charge >= 0.3 is 5.97 Å². The summed E-state index contributed by atoms with van der Waals surface area (Å²) in [6.07, 6.45) is 0.767. The van der Waals surface area contributed by atoms with Crippen molar-refractivity contribution < 1.29 is 22.5 Å². The summed E-state index contributed by atoms with van der Waals surface area (Å²) in [4.78, 5) is 11.8. The van der Waals surface area contributed by atoms with Crippen LogP contribution in [0.2, 0.25) is 0 Å². The lowest BCUT2D eigenvalue weighted by Gasteiger charge is -2.28. The summed E-state index contributed by atoms with van der Waals surface area (Å²) in [5.41, 5.74) is -0.403. The zero-order valence-electron chi connectivity index (χ0n) is 15.6. The number of hydrogen-bond donors (Lipinski definition) is 1. The molecule has 0 amide bonds. The largest absolute Gasteiger partial charge is 0.469 e. The van der Waals surface area contributed by atoms with Gasteiger partial charge in [0.1, 0.15) is 11.6 Å². The van der Waals surface area contributed by atoms with Crippen LogP contribution in [0.3, 0.4) is 0 Å². The standard InChI is InChI=1S/C18H27F2NO3S/c1-17(2,3)25(23)21-15(7-8-18(4,5)16(22)24-6)12-9-13(19)11-14(20)10-12/h9-11,15,21H,7-8H2,1-6H3/t15-,25-/m0/s1. The number of ether oxygens (including phenoxy) is 1. The third-order valence-electron chi connectivity index (χ3n) is 3.89. The number of methoxy groups -OCH3 is 1. The molecule has 0 saturated heterocycles. The van der Waals surface area contributed by atoms with Gasteiger partial charge in [0.2, 0.25) is 0 Å². The molecule has 1 aromatic rings. The number of carbonyl (C=O) groups excluding carboxylic acids is 1. The molecule has 0 aliphatic heterocycles. The second-order valence-corrected chi connectivity index (χ2v) is 9.67. The Morgan fingerprint density at radius 2 is 1.68 bits per heavy atom. The molecular weight excluding hydrogens is 348 g/mol. The molecule has 0 saturated carbocycles. The normalized spacial score (nSPS) is 14.9. The Labute approximate surface area is 150 Å². The Morgan fingerprint density at radius 1 is 1.16 bits per heavy atom. The number of benzene rings is 1. The smallest absolute Gasteiger partial charge is 0.311 e. The monoisotopic (exact) mass is 375 g/mol. The minimum atomic E-state index is -1.43. The van der Waals surface area contributed by atoms with Gasteiger partial charge in [-0.1, -0.05) is 0 Å². The molecule has 1 rings (SSSR count). The molecule has 0 bridgehead atoms. The fourth-order valence-corrected chi connectivity index (χ4v) is 3.13. The van der Waals surface area contributed by atoms with Crippen molar-refractivity contribution in [1.29, 1.82) is 0 Å². The molecule has 0 heterocycles. The van der Waals surface area contributed by atoms with Crippen LogP contribution in [0.4, 0.5) is 8.78 Å². The zero-order chi connectivity index (χ0) is 19.4. The van der Waals surface area contributed by atoms with Crippen LogP contribution in [0, 0.1) is 17.0 Å². The number of carbonyl (C=O) groups is 1. The lowest BCUT2D eigenvalue weighted by molar-refractivity contribution is -0.151. The summed E-state index contributed by atoms with van der Waals surface area (Å²) in [7, 11) is -0.117. The van der Waals surface area contributed by atoms with Gasteiger partial charge in [-0.2, -0.15) is 0 Å². The van der Waals surface area contributed by atoms with Crippen LogP contribution < -0.4 is 4.72 Å². The Morgan fingerprint density at radius 3 is 2.12 bits per heavy atom. The number of rotatable bonds is 7. The van der Waals surface area contributed by atoms with Gasteiger partial charge in [0.05, 0.1) is 28.3 Å². The predicted molar refractivity (Wildman–Crippen MR) is 95.2 cm³/mol. The average molecular weight is 375 g/mol. The predicted octanol–water partition coefficient (Wildman–Crippen LogP) is 4.04. The maximum Gasteiger partial charge on any atom is 0.311 e. The Kier molecular flexibility index (Phi) is 7.26. The van der Waals surface area contributed by atoms with Crippen molar-refractivity contribution in [2.75, 3.05) is 7.11 Å². The molecule has 7 heteroatoms. The van der Waals surface area contributed by atoms with Gasteiger partial charge in [-0.05, 0) is 65.2 Å². The van der Waals surface area contributed by atoms with E-state index in [0.29, 0.717) is 18.4 Å². The molecule has 0 fully saturated rings. The van der Waals surface area contributed by atoms with E-state index in [2.05, 4.69) is 4.72 Å². The lowest BCUT2D eigenvalue weighted by Crippen LogP contribution is -2.36. The third kappa shape index (κ3) is 6.47. The molecule has 0 aliphatic rings. The minimum Gasteiger partial charge on any atom is -0.469 e. The van der Waals surface area contributed by atoms with Gasteiger partial charge in [-0.15, -0.1) is 0 Å². The molecule has 0 aromatic heterocycles. The molecule has 2 atom stereocenters. The van der Waals surface area contributed by atoms with E-state index in [1.807, 2.05) is 0 Å². The zero-order valence-corrected chi connectivity index (χ0v) is 16.4. The fraction of sp³-hybridized carbons (Fsp3) is 0.611. The van der Waals surface area contributed by atoms with Crippen LogP contribution in [0.1, 0.15) is 59.1 Å². The average Bonchev–Trinajstić information content (AvgIpc) is 2.48. The van der Waals surface area contributed by atoms with Gasteiger partial charge in [-0.25, -0.2) is 17.7 Å². The highest BCUT2D eigenvalue weighted by Gasteiger charge is 2.31. The van der Waals surface area contributed by atoms with Gasteiger partial charge in [0.25, 0.3) is 0 Å². The van der Waals surface area contributed by atoms with Crippen LogP contribution in [0.25, 0.3) is 0 Å². The second-order valence-electron chi connectivity index (χ2n) is 7.67. The second kappa shape index (κ2) is 8.36. The summed E-state index contributed by atoms with van der Waals surface area (Å²) in [5.74, 6) is -1.76. The Bertz CT molecular complexity index is 621. The van der Waals surface area contributed by atoms with Crippen LogP contribution >= 0.6 is 0 Å². The highest BCUT2D eigenvalue weighted by atomic mass is 32.2. The summed E-state index contributed by atoms with van der Waals surface area (Å²) in [6.45, 7) is 8.89. The third-order valence-corrected chi connectivity index (χ3v) is 5.50. The Hall–Kier alpha value is -1.34. The molecule has 0 radical (unpaired) electrons. The number of esters is 1. The maximum atomic E-state index is 13.6. The first-order chi connectivity index (χ1) is 11.4. The Balaban J connectivity index is 3.07. The molecule has 1 aromatic carbocycles. The van der Waals surface area contributed by atoms with E-state index in [9.17, 15) is 17.8 Å². The SMILES string of the molecule is COC(=O)C(C)(C)CC[C@H](N[S@@](=O)C(C)(C)C)c1cc(F)cc(F)c1. The molecule has 0 aliphatic carbocycles. The quantitative estimate of drug-likeness (QED) is 0.732. The lowest BCUT2D eigenvalue weighted by atomic mass is 9.85. The summed E-state index contributed by atoms with van der Waals surface area (Å²) >= 11 is 0. The molecule has 4 nitrogen and oxygen atoms in total. The van der Waals surface area contributed by atoms with E-state index in [-0.39, 0.29) is 5.97 Å². The van der Waals surface area contributed by atoms with Crippen LogP contribution in [-0.4, -0.2) is 22.0 Å². The molecule has 0 spiro atoms. The topological polar surface area (TPSA) is 55.4 Å². The first-order valence-electron chi connectivity index (χ1n) is 8.09. The van der Waals surface area contributed by atoms with Crippen molar-refractivity contribution in [3.8, 4) is 0 Å². The van der Waals surface area contributed by atoms with Crippen molar-refractivity contribution in [2.45, 2.75) is 58.2 Å². The number of hydrogen-bond acceptors (Lipinski definition) is 3. The number of halogens is 2. The molecular formula is C18H27F2NO3S. The van der Waals surface area contributed by atoms with E-state index in [1.165, 1.54) is 19.2 Å². The van der Waals surface area contributed by atoms with Gasteiger partial charge in [0.15, 0.2) is 0 Å². The molecule has 0 unspecified atom stereocenters. The molecule has 25 heavy (non-hydrogen) atoms. The maximum absolute atomic E-state index is 13.6. The molecule has 1 N–H and O–H groups in total. The molecule has 142 valence electrons. The summed E-state index contributed by atoms with van der Waals surface area (Å²) in [5, 5.41) is 0. The summed E-state index contributed by atoms with van der Waals surface area (Å²) < 4.78 is 46.8. The van der Waals surface area contributed by atoms with E-state index in [1.54, 1.807) is 34.6 Å². The highest BCUT2D eigenvalue weighted by molar-refractivity contribution is 7.84. The van der Waals surface area contributed by atoms with Crippen molar-refractivity contribution in [3.05, 3.63) is 35.4 Å². The van der Waals surface area contributed by atoms with Crippen molar-refractivity contribution in [3.63, 3.8) is 0 Å². The number of nitrogens with one attached hydrogen (secondary N) is 1. The van der Waals surface area contributed by atoms with Gasteiger partial charge in [0, 0.05) is 12.1 Å².